The molecule has 0 saturated heterocycles. The molecule has 98 valence electrons. The molecule has 5 heteroatoms. The average molecular weight is 264 g/mol. The molecular formula is C13H20N4S. The molecule has 0 aliphatic carbocycles. The van der Waals surface area contributed by atoms with E-state index in [2.05, 4.69) is 48.3 Å². The maximum Gasteiger partial charge on any atom is 0.225 e. The Morgan fingerprint density at radius 3 is 2.61 bits per heavy atom. The predicted octanol–water partition coefficient (Wildman–Crippen LogP) is 3.58. The summed E-state index contributed by atoms with van der Waals surface area (Å²) >= 11 is 1.67. The summed E-state index contributed by atoms with van der Waals surface area (Å²) in [5, 5.41) is 8.56. The molecule has 2 N–H and O–H groups in total. The third kappa shape index (κ3) is 2.56. The number of nitrogens with one attached hydrogen (secondary N) is 2. The Labute approximate surface area is 112 Å². The van der Waals surface area contributed by atoms with Crippen LogP contribution in [0.25, 0.3) is 10.2 Å². The van der Waals surface area contributed by atoms with Crippen molar-refractivity contribution in [3.8, 4) is 0 Å². The van der Waals surface area contributed by atoms with Gasteiger partial charge in [0.2, 0.25) is 5.95 Å². The van der Waals surface area contributed by atoms with Crippen molar-refractivity contribution in [2.24, 2.45) is 5.41 Å². The minimum absolute atomic E-state index is 0.189. The van der Waals surface area contributed by atoms with Crippen LogP contribution >= 0.6 is 11.3 Å². The Kier molecular flexibility index (Phi) is 3.43. The van der Waals surface area contributed by atoms with Crippen molar-refractivity contribution in [1.82, 2.24) is 9.97 Å². The fourth-order valence-electron chi connectivity index (χ4n) is 1.49. The second-order valence-electron chi connectivity index (χ2n) is 5.51. The Morgan fingerprint density at radius 2 is 2.00 bits per heavy atom. The van der Waals surface area contributed by atoms with Gasteiger partial charge in [0.15, 0.2) is 0 Å². The lowest BCUT2D eigenvalue weighted by atomic mass is 9.88. The first-order valence-corrected chi connectivity index (χ1v) is 6.99. The summed E-state index contributed by atoms with van der Waals surface area (Å²) in [6, 6.07) is 2.36. The Bertz CT molecular complexity index is 541. The van der Waals surface area contributed by atoms with E-state index in [4.69, 9.17) is 0 Å². The van der Waals surface area contributed by atoms with Crippen LogP contribution in [0.2, 0.25) is 0 Å². The van der Waals surface area contributed by atoms with Gasteiger partial charge in [-0.1, -0.05) is 20.8 Å². The van der Waals surface area contributed by atoms with E-state index in [1.165, 1.54) is 0 Å². The number of hydrogen-bond donors (Lipinski definition) is 2. The van der Waals surface area contributed by atoms with Crippen molar-refractivity contribution in [2.75, 3.05) is 17.7 Å². The van der Waals surface area contributed by atoms with E-state index in [0.717, 1.165) is 16.0 Å². The highest BCUT2D eigenvalue weighted by Gasteiger charge is 2.21. The number of aromatic nitrogens is 2. The molecule has 2 aromatic heterocycles. The molecule has 4 nitrogen and oxygen atoms in total. The van der Waals surface area contributed by atoms with Crippen LogP contribution < -0.4 is 10.6 Å². The standard InChI is InChI=1S/C13H20N4S/c1-8(13(2,3)4)15-11-10-9(6-7-18-10)16-12(14-5)17-11/h6-8H,1-5H3,(H2,14,15,16,17). The van der Waals surface area contributed by atoms with E-state index in [1.807, 2.05) is 18.5 Å². The number of rotatable bonds is 3. The van der Waals surface area contributed by atoms with E-state index >= 15 is 0 Å². The molecule has 0 bridgehead atoms. The minimum atomic E-state index is 0.189. The third-order valence-electron chi connectivity index (χ3n) is 3.18. The van der Waals surface area contributed by atoms with Gasteiger partial charge in [0.1, 0.15) is 5.82 Å². The molecule has 0 spiro atoms. The highest BCUT2D eigenvalue weighted by atomic mass is 32.1. The van der Waals surface area contributed by atoms with Gasteiger partial charge in [-0.15, -0.1) is 11.3 Å². The largest absolute Gasteiger partial charge is 0.366 e. The summed E-state index contributed by atoms with van der Waals surface area (Å²) in [5.74, 6) is 1.58. The van der Waals surface area contributed by atoms with E-state index in [1.54, 1.807) is 11.3 Å². The molecule has 0 amide bonds. The van der Waals surface area contributed by atoms with Crippen molar-refractivity contribution in [2.45, 2.75) is 33.7 Å². The van der Waals surface area contributed by atoms with E-state index < -0.39 is 0 Å². The number of thiophene rings is 1. The smallest absolute Gasteiger partial charge is 0.225 e. The topological polar surface area (TPSA) is 49.8 Å². The summed E-state index contributed by atoms with van der Waals surface area (Å²) in [7, 11) is 1.84. The predicted molar refractivity (Wildman–Crippen MR) is 79.5 cm³/mol. The Morgan fingerprint density at radius 1 is 1.28 bits per heavy atom. The zero-order valence-electron chi connectivity index (χ0n) is 11.5. The minimum Gasteiger partial charge on any atom is -0.366 e. The summed E-state index contributed by atoms with van der Waals surface area (Å²) in [4.78, 5) is 8.95. The van der Waals surface area contributed by atoms with Gasteiger partial charge in [-0.3, -0.25) is 0 Å². The van der Waals surface area contributed by atoms with Gasteiger partial charge in [0.25, 0.3) is 0 Å². The van der Waals surface area contributed by atoms with Crippen molar-refractivity contribution in [3.63, 3.8) is 0 Å². The van der Waals surface area contributed by atoms with Crippen molar-refractivity contribution in [3.05, 3.63) is 11.4 Å². The molecule has 18 heavy (non-hydrogen) atoms. The molecule has 0 aliphatic heterocycles. The maximum atomic E-state index is 4.52. The van der Waals surface area contributed by atoms with Gasteiger partial charge < -0.3 is 10.6 Å². The normalized spacial score (nSPS) is 13.6. The van der Waals surface area contributed by atoms with Crippen LogP contribution in [0.3, 0.4) is 0 Å². The second kappa shape index (κ2) is 4.72. The lowest BCUT2D eigenvalue weighted by molar-refractivity contribution is 0.359. The number of fused-ring (bicyclic) bond motifs is 1. The van der Waals surface area contributed by atoms with Crippen molar-refractivity contribution in [1.29, 1.82) is 0 Å². The molecule has 0 saturated carbocycles. The van der Waals surface area contributed by atoms with Gasteiger partial charge in [-0.25, -0.2) is 4.98 Å². The third-order valence-corrected chi connectivity index (χ3v) is 4.09. The lowest BCUT2D eigenvalue weighted by Gasteiger charge is -2.28. The highest BCUT2D eigenvalue weighted by molar-refractivity contribution is 7.17. The first kappa shape index (κ1) is 13.1. The summed E-state index contributed by atoms with van der Waals surface area (Å²) in [5.41, 5.74) is 1.18. The van der Waals surface area contributed by atoms with Gasteiger partial charge in [-0.2, -0.15) is 4.98 Å². The summed E-state index contributed by atoms with van der Waals surface area (Å²) in [6.07, 6.45) is 0. The molecule has 0 fully saturated rings. The number of hydrogen-bond acceptors (Lipinski definition) is 5. The second-order valence-corrected chi connectivity index (χ2v) is 6.43. The van der Waals surface area contributed by atoms with Crippen LogP contribution in [0.5, 0.6) is 0 Å². The zero-order chi connectivity index (χ0) is 13.3. The monoisotopic (exact) mass is 264 g/mol. The van der Waals surface area contributed by atoms with Crippen LogP contribution in [-0.4, -0.2) is 23.1 Å². The van der Waals surface area contributed by atoms with Crippen molar-refractivity contribution < 1.29 is 0 Å². The fourth-order valence-corrected chi connectivity index (χ4v) is 2.28. The molecule has 1 unspecified atom stereocenters. The fraction of sp³-hybridized carbons (Fsp3) is 0.538. The van der Waals surface area contributed by atoms with Crippen LogP contribution in [0.1, 0.15) is 27.7 Å². The Hall–Kier alpha value is -1.36. The molecule has 2 aromatic rings. The van der Waals surface area contributed by atoms with Gasteiger partial charge in [0.05, 0.1) is 10.2 Å². The zero-order valence-corrected chi connectivity index (χ0v) is 12.4. The number of nitrogens with zero attached hydrogens (tertiary/aromatic N) is 2. The van der Waals surface area contributed by atoms with Gasteiger partial charge in [0, 0.05) is 13.1 Å². The summed E-state index contributed by atoms with van der Waals surface area (Å²) < 4.78 is 1.12. The quantitative estimate of drug-likeness (QED) is 0.889. The summed E-state index contributed by atoms with van der Waals surface area (Å²) in [6.45, 7) is 8.84. The lowest BCUT2D eigenvalue weighted by Crippen LogP contribution is -2.31. The van der Waals surface area contributed by atoms with Crippen molar-refractivity contribution >= 4 is 33.3 Å². The molecule has 0 radical (unpaired) electrons. The number of anilines is 2. The SMILES string of the molecule is CNc1nc(NC(C)C(C)(C)C)c2sccc2n1. The highest BCUT2D eigenvalue weighted by Crippen LogP contribution is 2.30. The van der Waals surface area contributed by atoms with E-state index in [-0.39, 0.29) is 5.41 Å². The molecule has 2 heterocycles. The molecule has 1 atom stereocenters. The first-order chi connectivity index (χ1) is 8.41. The van der Waals surface area contributed by atoms with Gasteiger partial charge in [-0.05, 0) is 23.8 Å². The maximum absolute atomic E-state index is 4.52. The van der Waals surface area contributed by atoms with Crippen LogP contribution in [-0.2, 0) is 0 Å². The molecular weight excluding hydrogens is 244 g/mol. The van der Waals surface area contributed by atoms with Crippen LogP contribution in [0.4, 0.5) is 11.8 Å². The van der Waals surface area contributed by atoms with E-state index in [0.29, 0.717) is 12.0 Å². The molecule has 0 aromatic carbocycles. The van der Waals surface area contributed by atoms with E-state index in [9.17, 15) is 0 Å². The molecule has 0 aliphatic rings. The first-order valence-electron chi connectivity index (χ1n) is 6.11. The van der Waals surface area contributed by atoms with Gasteiger partial charge >= 0.3 is 0 Å². The van der Waals surface area contributed by atoms with Crippen LogP contribution in [0.15, 0.2) is 11.4 Å². The Balaban J connectivity index is 2.40. The van der Waals surface area contributed by atoms with Crippen LogP contribution in [0, 0.1) is 5.41 Å². The molecule has 2 rings (SSSR count). The average Bonchev–Trinajstić information content (AvgIpc) is 2.75.